The van der Waals surface area contributed by atoms with Crippen molar-refractivity contribution in [2.45, 2.75) is 24.8 Å². The Bertz CT molecular complexity index is 496. The van der Waals surface area contributed by atoms with Crippen LogP contribution in [0.25, 0.3) is 0 Å². The summed E-state index contributed by atoms with van der Waals surface area (Å²) in [6.07, 6.45) is 1.12. The van der Waals surface area contributed by atoms with E-state index in [0.717, 1.165) is 32.6 Å². The van der Waals surface area contributed by atoms with Gasteiger partial charge in [-0.2, -0.15) is 0 Å². The molecule has 0 aromatic heterocycles. The van der Waals surface area contributed by atoms with Crippen LogP contribution in [-0.4, -0.2) is 61.0 Å². The van der Waals surface area contributed by atoms with Crippen molar-refractivity contribution < 1.29 is 4.79 Å². The van der Waals surface area contributed by atoms with Gasteiger partial charge < -0.3 is 15.1 Å². The molecule has 1 saturated carbocycles. The van der Waals surface area contributed by atoms with E-state index in [1.54, 1.807) is 0 Å². The fourth-order valence-corrected chi connectivity index (χ4v) is 3.18. The molecule has 1 N–H and O–H groups in total. The highest BCUT2D eigenvalue weighted by molar-refractivity contribution is 5.78. The minimum Gasteiger partial charge on any atom is -0.339 e. The molecule has 1 saturated heterocycles. The number of hydrogen-bond acceptors (Lipinski definition) is 3. The highest BCUT2D eigenvalue weighted by Crippen LogP contribution is 2.50. The highest BCUT2D eigenvalue weighted by atomic mass is 16.2. The predicted octanol–water partition coefficient (Wildman–Crippen LogP) is 1.30. The lowest BCUT2D eigenvalue weighted by Gasteiger charge is -2.32. The fraction of sp³-hybridized carbons (Fsp3) is 0.588. The Balaban J connectivity index is 1.49. The number of benzene rings is 1. The first-order valence-corrected chi connectivity index (χ1v) is 7.85. The quantitative estimate of drug-likeness (QED) is 0.906. The van der Waals surface area contributed by atoms with Gasteiger partial charge in [0.2, 0.25) is 5.91 Å². The molecule has 1 amide bonds. The lowest BCUT2D eigenvalue weighted by Crippen LogP contribution is -2.50. The van der Waals surface area contributed by atoms with Crippen molar-refractivity contribution in [1.29, 1.82) is 0 Å². The molecule has 4 heteroatoms. The van der Waals surface area contributed by atoms with E-state index in [9.17, 15) is 4.79 Å². The molecule has 0 radical (unpaired) electrons. The van der Waals surface area contributed by atoms with E-state index < -0.39 is 0 Å². The Morgan fingerprint density at radius 3 is 2.57 bits per heavy atom. The van der Waals surface area contributed by atoms with Crippen LogP contribution in [0.5, 0.6) is 0 Å². The molecule has 1 aliphatic heterocycles. The zero-order valence-corrected chi connectivity index (χ0v) is 13.0. The summed E-state index contributed by atoms with van der Waals surface area (Å²) in [6, 6.07) is 10.6. The molecule has 0 spiro atoms. The predicted molar refractivity (Wildman–Crippen MR) is 84.3 cm³/mol. The average Bonchev–Trinajstić information content (AvgIpc) is 3.19. The third-order valence-corrected chi connectivity index (χ3v) is 4.94. The van der Waals surface area contributed by atoms with E-state index in [1.807, 2.05) is 11.0 Å². The van der Waals surface area contributed by atoms with Crippen LogP contribution in [0.3, 0.4) is 0 Å². The number of likely N-dealkylation sites (N-methyl/N-ethyl adjacent to an activating group) is 1. The molecule has 0 unspecified atom stereocenters. The number of nitrogens with one attached hydrogen (secondary N) is 1. The zero-order chi connectivity index (χ0) is 14.9. The van der Waals surface area contributed by atoms with Crippen LogP contribution in [-0.2, 0) is 4.79 Å². The number of piperazine rings is 1. The van der Waals surface area contributed by atoms with Crippen molar-refractivity contribution in [1.82, 2.24) is 15.1 Å². The minimum atomic E-state index is 0.0869. The minimum absolute atomic E-state index is 0.0869. The molecule has 1 aromatic rings. The van der Waals surface area contributed by atoms with E-state index in [4.69, 9.17) is 0 Å². The van der Waals surface area contributed by atoms with Gasteiger partial charge in [-0.25, -0.2) is 0 Å². The van der Waals surface area contributed by atoms with Gasteiger partial charge in [-0.1, -0.05) is 30.3 Å². The second-order valence-electron chi connectivity index (χ2n) is 6.62. The maximum atomic E-state index is 12.3. The van der Waals surface area contributed by atoms with Gasteiger partial charge in [0, 0.05) is 37.6 Å². The summed E-state index contributed by atoms with van der Waals surface area (Å²) >= 11 is 0. The molecular formula is C17H25N3O. The Kier molecular flexibility index (Phi) is 4.00. The van der Waals surface area contributed by atoms with Gasteiger partial charge in [0.25, 0.3) is 0 Å². The summed E-state index contributed by atoms with van der Waals surface area (Å²) < 4.78 is 0. The van der Waals surface area contributed by atoms with Crippen molar-refractivity contribution >= 4 is 5.91 Å². The Morgan fingerprint density at radius 2 is 1.90 bits per heavy atom. The maximum Gasteiger partial charge on any atom is 0.236 e. The number of amides is 1. The summed E-state index contributed by atoms with van der Waals surface area (Å²) in [7, 11) is 2.11. The smallest absolute Gasteiger partial charge is 0.236 e. The van der Waals surface area contributed by atoms with Crippen molar-refractivity contribution in [3.05, 3.63) is 35.9 Å². The second kappa shape index (κ2) is 5.78. The molecule has 1 aromatic carbocycles. The third-order valence-electron chi connectivity index (χ3n) is 4.94. The molecule has 1 heterocycles. The molecule has 2 atom stereocenters. The van der Waals surface area contributed by atoms with Gasteiger partial charge in [0.1, 0.15) is 0 Å². The van der Waals surface area contributed by atoms with Crippen molar-refractivity contribution in [3.63, 3.8) is 0 Å². The lowest BCUT2D eigenvalue weighted by atomic mass is 10.1. The molecule has 114 valence electrons. The fourth-order valence-electron chi connectivity index (χ4n) is 3.18. The Hall–Kier alpha value is -1.39. The van der Waals surface area contributed by atoms with Gasteiger partial charge in [0.15, 0.2) is 0 Å². The summed E-state index contributed by atoms with van der Waals surface area (Å²) in [5.41, 5.74) is 1.46. The first-order valence-electron chi connectivity index (χ1n) is 7.85. The van der Waals surface area contributed by atoms with Gasteiger partial charge in [-0.05, 0) is 26.0 Å². The summed E-state index contributed by atoms with van der Waals surface area (Å²) in [6.45, 7) is 6.36. The van der Waals surface area contributed by atoms with Gasteiger partial charge in [0.05, 0.1) is 6.54 Å². The SMILES string of the molecule is CN1CCN(C(=O)CN[C@@]2(C)C[C@@H]2c2ccccc2)CC1. The molecule has 2 fully saturated rings. The lowest BCUT2D eigenvalue weighted by molar-refractivity contribution is -0.131. The van der Waals surface area contributed by atoms with Crippen LogP contribution in [0.4, 0.5) is 0 Å². The third kappa shape index (κ3) is 3.27. The topological polar surface area (TPSA) is 35.6 Å². The van der Waals surface area contributed by atoms with Crippen LogP contribution in [0, 0.1) is 0 Å². The number of carbonyl (C=O) groups excluding carboxylic acids is 1. The monoisotopic (exact) mass is 287 g/mol. The maximum absolute atomic E-state index is 12.3. The average molecular weight is 287 g/mol. The molecule has 21 heavy (non-hydrogen) atoms. The van der Waals surface area contributed by atoms with Gasteiger partial charge in [-0.15, -0.1) is 0 Å². The molecular weight excluding hydrogens is 262 g/mol. The highest BCUT2D eigenvalue weighted by Gasteiger charge is 2.50. The zero-order valence-electron chi connectivity index (χ0n) is 13.0. The first-order chi connectivity index (χ1) is 10.1. The number of carbonyl (C=O) groups is 1. The summed E-state index contributed by atoms with van der Waals surface area (Å²) in [5.74, 6) is 0.780. The van der Waals surface area contributed by atoms with Gasteiger partial charge in [-0.3, -0.25) is 4.79 Å². The van der Waals surface area contributed by atoms with Crippen LogP contribution < -0.4 is 5.32 Å². The largest absolute Gasteiger partial charge is 0.339 e. The van der Waals surface area contributed by atoms with Crippen LogP contribution in [0.2, 0.25) is 0 Å². The van der Waals surface area contributed by atoms with Crippen LogP contribution in [0.1, 0.15) is 24.8 Å². The molecule has 2 aliphatic rings. The van der Waals surface area contributed by atoms with E-state index in [2.05, 4.69) is 48.5 Å². The van der Waals surface area contributed by atoms with Crippen molar-refractivity contribution in [2.75, 3.05) is 39.8 Å². The molecule has 0 bridgehead atoms. The number of rotatable bonds is 4. The summed E-state index contributed by atoms with van der Waals surface area (Å²) in [5, 5.41) is 3.49. The van der Waals surface area contributed by atoms with Crippen LogP contribution in [0.15, 0.2) is 30.3 Å². The van der Waals surface area contributed by atoms with Crippen molar-refractivity contribution in [3.8, 4) is 0 Å². The standard InChI is InChI=1S/C17H25N3O/c1-17(12-15(17)14-6-4-3-5-7-14)18-13-16(21)20-10-8-19(2)9-11-20/h3-7,15,18H,8-13H2,1-2H3/t15-,17+/m1/s1. The number of nitrogens with zero attached hydrogens (tertiary/aromatic N) is 2. The van der Waals surface area contributed by atoms with Gasteiger partial charge >= 0.3 is 0 Å². The molecule has 4 nitrogen and oxygen atoms in total. The van der Waals surface area contributed by atoms with E-state index in [1.165, 1.54) is 5.56 Å². The summed E-state index contributed by atoms with van der Waals surface area (Å²) in [4.78, 5) is 16.5. The number of hydrogen-bond donors (Lipinski definition) is 1. The van der Waals surface area contributed by atoms with E-state index >= 15 is 0 Å². The second-order valence-corrected chi connectivity index (χ2v) is 6.62. The Morgan fingerprint density at radius 1 is 1.24 bits per heavy atom. The van der Waals surface area contributed by atoms with E-state index in [0.29, 0.717) is 12.5 Å². The van der Waals surface area contributed by atoms with Crippen molar-refractivity contribution in [2.24, 2.45) is 0 Å². The van der Waals surface area contributed by atoms with E-state index in [-0.39, 0.29) is 11.4 Å². The molecule has 3 rings (SSSR count). The Labute approximate surface area is 127 Å². The first kappa shape index (κ1) is 14.5. The molecule has 1 aliphatic carbocycles. The van der Waals surface area contributed by atoms with Crippen LogP contribution >= 0.6 is 0 Å². The normalized spacial score (nSPS) is 29.4.